The lowest BCUT2D eigenvalue weighted by molar-refractivity contribution is 0.414. The molecule has 5 nitrogen and oxygen atoms in total. The molecule has 0 fully saturated rings. The van der Waals surface area contributed by atoms with Gasteiger partial charge in [0.15, 0.2) is 5.96 Å². The summed E-state index contributed by atoms with van der Waals surface area (Å²) in [6, 6.07) is 7.96. The Balaban J connectivity index is 0.00000312. The minimum absolute atomic E-state index is 0. The van der Waals surface area contributed by atoms with Crippen LogP contribution in [-0.4, -0.2) is 24.7 Å². The molecule has 0 aliphatic rings. The number of aliphatic imine (C=N–C) groups is 1. The molecule has 0 bridgehead atoms. The molecule has 0 radical (unpaired) electrons. The van der Waals surface area contributed by atoms with Crippen LogP contribution in [0.25, 0.3) is 0 Å². The van der Waals surface area contributed by atoms with E-state index in [0.29, 0.717) is 29.2 Å². The van der Waals surface area contributed by atoms with Crippen molar-refractivity contribution in [3.63, 3.8) is 0 Å². The van der Waals surface area contributed by atoms with Gasteiger partial charge in [-0.15, -0.1) is 24.0 Å². The van der Waals surface area contributed by atoms with E-state index in [9.17, 15) is 0 Å². The number of benzene rings is 1. The van der Waals surface area contributed by atoms with Crippen LogP contribution in [0.4, 0.5) is 0 Å². The van der Waals surface area contributed by atoms with E-state index in [0.717, 1.165) is 22.6 Å². The summed E-state index contributed by atoms with van der Waals surface area (Å²) in [4.78, 5) is 4.23. The third kappa shape index (κ3) is 5.97. The predicted octanol–water partition coefficient (Wildman–Crippen LogP) is 4.13. The van der Waals surface area contributed by atoms with Crippen molar-refractivity contribution in [3.8, 4) is 5.75 Å². The minimum atomic E-state index is 0. The molecule has 1 aromatic carbocycles. The molecule has 8 heteroatoms. The van der Waals surface area contributed by atoms with Crippen molar-refractivity contribution >= 4 is 53.1 Å². The molecule has 0 spiro atoms. The van der Waals surface area contributed by atoms with Gasteiger partial charge >= 0.3 is 0 Å². The van der Waals surface area contributed by atoms with Gasteiger partial charge < -0.3 is 19.9 Å². The molecule has 0 atom stereocenters. The second kappa shape index (κ2) is 10.1. The molecular formula is C17H23Cl2IN4O. The van der Waals surface area contributed by atoms with Gasteiger partial charge in [0.25, 0.3) is 0 Å². The van der Waals surface area contributed by atoms with Gasteiger partial charge in [-0.1, -0.05) is 29.3 Å². The zero-order valence-electron chi connectivity index (χ0n) is 14.7. The first-order valence-corrected chi connectivity index (χ1v) is 8.29. The molecule has 0 saturated heterocycles. The van der Waals surface area contributed by atoms with Crippen molar-refractivity contribution in [1.29, 1.82) is 0 Å². The number of ether oxygens (including phenoxy) is 1. The number of rotatable bonds is 5. The second-order valence-electron chi connectivity index (χ2n) is 5.47. The first-order chi connectivity index (χ1) is 11.4. The Labute approximate surface area is 175 Å². The quantitative estimate of drug-likeness (QED) is 0.371. The summed E-state index contributed by atoms with van der Waals surface area (Å²) < 4.78 is 7.14. The molecule has 1 heterocycles. The lowest BCUT2D eigenvalue weighted by Crippen LogP contribution is -2.36. The Kier molecular flexibility index (Phi) is 8.88. The lowest BCUT2D eigenvalue weighted by Gasteiger charge is -2.13. The van der Waals surface area contributed by atoms with Gasteiger partial charge in [-0.05, 0) is 36.2 Å². The van der Waals surface area contributed by atoms with Crippen LogP contribution >= 0.6 is 47.2 Å². The molecular weight excluding hydrogens is 474 g/mol. The number of guanidine groups is 1. The zero-order chi connectivity index (χ0) is 17.7. The van der Waals surface area contributed by atoms with Gasteiger partial charge in [0.2, 0.25) is 0 Å². The predicted molar refractivity (Wildman–Crippen MR) is 116 cm³/mol. The fraction of sp³-hybridized carbons (Fsp3) is 0.353. The van der Waals surface area contributed by atoms with Crippen molar-refractivity contribution in [2.45, 2.75) is 20.0 Å². The van der Waals surface area contributed by atoms with Gasteiger partial charge in [-0.25, -0.2) is 0 Å². The first kappa shape index (κ1) is 21.9. The van der Waals surface area contributed by atoms with Gasteiger partial charge in [0.1, 0.15) is 10.9 Å². The van der Waals surface area contributed by atoms with Gasteiger partial charge in [0, 0.05) is 26.3 Å². The molecule has 2 N–H and O–H groups in total. The summed E-state index contributed by atoms with van der Waals surface area (Å²) in [5.74, 6) is 1.55. The third-order valence-corrected chi connectivity index (χ3v) is 4.52. The Morgan fingerprint density at radius 1 is 1.16 bits per heavy atom. The maximum atomic E-state index is 6.08. The van der Waals surface area contributed by atoms with E-state index in [1.165, 1.54) is 0 Å². The highest BCUT2D eigenvalue weighted by Gasteiger charge is 2.09. The number of halogens is 3. The fourth-order valence-electron chi connectivity index (χ4n) is 2.38. The Bertz CT molecular complexity index is 746. The second-order valence-corrected chi connectivity index (χ2v) is 6.24. The summed E-state index contributed by atoms with van der Waals surface area (Å²) in [5.41, 5.74) is 3.26. The largest absolute Gasteiger partial charge is 0.497 e. The van der Waals surface area contributed by atoms with Crippen LogP contribution in [0.15, 0.2) is 29.3 Å². The number of hydrogen-bond donors (Lipinski definition) is 2. The van der Waals surface area contributed by atoms with Crippen molar-refractivity contribution < 1.29 is 4.74 Å². The highest BCUT2D eigenvalue weighted by molar-refractivity contribution is 14.0. The Morgan fingerprint density at radius 2 is 1.84 bits per heavy atom. The highest BCUT2D eigenvalue weighted by atomic mass is 127. The maximum Gasteiger partial charge on any atom is 0.191 e. The van der Waals surface area contributed by atoms with Crippen molar-refractivity contribution in [3.05, 3.63) is 51.3 Å². The molecule has 25 heavy (non-hydrogen) atoms. The zero-order valence-corrected chi connectivity index (χ0v) is 18.5. The number of nitrogens with one attached hydrogen (secondary N) is 2. The van der Waals surface area contributed by atoms with E-state index < -0.39 is 0 Å². The maximum absolute atomic E-state index is 6.08. The molecule has 2 rings (SSSR count). The van der Waals surface area contributed by atoms with Gasteiger partial charge in [-0.2, -0.15) is 0 Å². The molecule has 2 aromatic rings. The van der Waals surface area contributed by atoms with E-state index in [2.05, 4.69) is 21.7 Å². The average molecular weight is 497 g/mol. The molecule has 0 saturated carbocycles. The van der Waals surface area contributed by atoms with Crippen LogP contribution in [0.1, 0.15) is 16.8 Å². The SMILES string of the molecule is CN=C(NCc1cc(C)cc(OC)c1)NCc1cc(Cl)c(Cl)n1C.I. The molecule has 138 valence electrons. The van der Waals surface area contributed by atoms with E-state index in [1.807, 2.05) is 36.7 Å². The minimum Gasteiger partial charge on any atom is -0.497 e. The topological polar surface area (TPSA) is 50.6 Å². The summed E-state index contributed by atoms with van der Waals surface area (Å²) in [6.07, 6.45) is 0. The first-order valence-electron chi connectivity index (χ1n) is 7.53. The van der Waals surface area contributed by atoms with E-state index in [1.54, 1.807) is 14.2 Å². The lowest BCUT2D eigenvalue weighted by atomic mass is 10.1. The normalized spacial score (nSPS) is 11.0. The smallest absolute Gasteiger partial charge is 0.191 e. The van der Waals surface area contributed by atoms with Crippen LogP contribution in [-0.2, 0) is 20.1 Å². The average Bonchev–Trinajstić information content (AvgIpc) is 2.81. The van der Waals surface area contributed by atoms with Crippen molar-refractivity contribution in [1.82, 2.24) is 15.2 Å². The van der Waals surface area contributed by atoms with Gasteiger partial charge in [-0.3, -0.25) is 4.99 Å². The Hall–Kier alpha value is -1.12. The van der Waals surface area contributed by atoms with E-state index in [4.69, 9.17) is 27.9 Å². The number of methoxy groups -OCH3 is 1. The van der Waals surface area contributed by atoms with Crippen LogP contribution in [0.3, 0.4) is 0 Å². The van der Waals surface area contributed by atoms with Crippen LogP contribution in [0.5, 0.6) is 5.75 Å². The third-order valence-electron chi connectivity index (χ3n) is 3.68. The van der Waals surface area contributed by atoms with Crippen LogP contribution in [0, 0.1) is 6.92 Å². The highest BCUT2D eigenvalue weighted by Crippen LogP contribution is 2.24. The Morgan fingerprint density at radius 3 is 2.40 bits per heavy atom. The summed E-state index contributed by atoms with van der Waals surface area (Å²) >= 11 is 12.1. The summed E-state index contributed by atoms with van der Waals surface area (Å²) in [6.45, 7) is 3.26. The number of nitrogens with zero attached hydrogens (tertiary/aromatic N) is 2. The summed E-state index contributed by atoms with van der Waals surface area (Å²) in [5, 5.41) is 7.61. The van der Waals surface area contributed by atoms with Gasteiger partial charge in [0.05, 0.1) is 18.7 Å². The molecule has 0 amide bonds. The standard InChI is InChI=1S/C17H22Cl2N4O.HI/c1-11-5-12(7-14(6-11)24-4)9-21-17(20-2)22-10-13-8-15(18)16(19)23(13)3;/h5-8H,9-10H2,1-4H3,(H2,20,21,22);1H. The summed E-state index contributed by atoms with van der Waals surface area (Å²) in [7, 11) is 5.28. The van der Waals surface area contributed by atoms with Crippen LogP contribution in [0.2, 0.25) is 10.2 Å². The number of aryl methyl sites for hydroxylation is 1. The molecule has 0 aliphatic carbocycles. The van der Waals surface area contributed by atoms with Crippen LogP contribution < -0.4 is 15.4 Å². The number of hydrogen-bond acceptors (Lipinski definition) is 2. The number of aromatic nitrogens is 1. The molecule has 0 aliphatic heterocycles. The molecule has 0 unspecified atom stereocenters. The molecule has 1 aromatic heterocycles. The van der Waals surface area contributed by atoms with E-state index in [-0.39, 0.29) is 24.0 Å². The monoisotopic (exact) mass is 496 g/mol. The van der Waals surface area contributed by atoms with Crippen molar-refractivity contribution in [2.75, 3.05) is 14.2 Å². The van der Waals surface area contributed by atoms with E-state index >= 15 is 0 Å². The van der Waals surface area contributed by atoms with Crippen molar-refractivity contribution in [2.24, 2.45) is 12.0 Å². The fourth-order valence-corrected chi connectivity index (χ4v) is 2.80.